The second kappa shape index (κ2) is 10.5. The first-order valence-corrected chi connectivity index (χ1v) is 11.7. The summed E-state index contributed by atoms with van der Waals surface area (Å²) in [4.78, 5) is 37.4. The number of carboxylic acids is 1. The van der Waals surface area contributed by atoms with Gasteiger partial charge in [-0.1, -0.05) is 55.5 Å². The summed E-state index contributed by atoms with van der Waals surface area (Å²) in [7, 11) is 1.37. The van der Waals surface area contributed by atoms with Crippen LogP contribution in [0.5, 0.6) is 0 Å². The molecule has 3 N–H and O–H groups in total. The molecule has 0 bridgehead atoms. The fraction of sp³-hybridized carbons (Fsp3) is 0.423. The zero-order chi connectivity index (χ0) is 25.0. The van der Waals surface area contributed by atoms with E-state index in [9.17, 15) is 19.5 Å². The Kier molecular flexibility index (Phi) is 7.37. The molecule has 1 aliphatic carbocycles. The monoisotopic (exact) mass is 482 g/mol. The first-order chi connectivity index (χ1) is 16.9. The molecule has 3 unspecified atom stereocenters. The van der Waals surface area contributed by atoms with Gasteiger partial charge in [0.1, 0.15) is 6.61 Å². The fourth-order valence-corrected chi connectivity index (χ4v) is 4.83. The van der Waals surface area contributed by atoms with Gasteiger partial charge in [0.25, 0.3) is 5.91 Å². The number of aliphatic carboxylic acids is 1. The molecular formula is C26H30N2O7. The highest BCUT2D eigenvalue weighted by Crippen LogP contribution is 2.44. The van der Waals surface area contributed by atoms with Crippen molar-refractivity contribution < 1.29 is 33.7 Å². The van der Waals surface area contributed by atoms with Crippen LogP contribution in [0, 0.1) is 0 Å². The van der Waals surface area contributed by atoms with E-state index in [2.05, 4.69) is 22.8 Å². The molecule has 2 aliphatic rings. The lowest BCUT2D eigenvalue weighted by Gasteiger charge is -2.30. The van der Waals surface area contributed by atoms with Gasteiger partial charge in [-0.15, -0.1) is 0 Å². The second-order valence-electron chi connectivity index (χ2n) is 8.82. The summed E-state index contributed by atoms with van der Waals surface area (Å²) >= 11 is 0. The molecule has 0 spiro atoms. The van der Waals surface area contributed by atoms with Crippen molar-refractivity contribution >= 4 is 18.0 Å². The van der Waals surface area contributed by atoms with E-state index < -0.39 is 35.7 Å². The van der Waals surface area contributed by atoms with Crippen LogP contribution in [0.1, 0.15) is 36.8 Å². The Morgan fingerprint density at radius 3 is 2.29 bits per heavy atom. The van der Waals surface area contributed by atoms with Gasteiger partial charge >= 0.3 is 12.1 Å². The third-order valence-electron chi connectivity index (χ3n) is 6.76. The highest BCUT2D eigenvalue weighted by atomic mass is 16.6. The highest BCUT2D eigenvalue weighted by molar-refractivity contribution is 5.90. The number of nitrogens with one attached hydrogen (secondary N) is 2. The standard InChI is InChI=1S/C26H30N2O7/c1-3-26(15-33-2,24(30)31)28-23(29)22-21(12-13-34-22)27-25(32)35-14-20-18-10-6-4-8-16(18)17-9-5-7-11-19(17)20/h4-11,20-22H,3,12-15H2,1-2H3,(H,27,32)(H,28,29)(H,30,31). The van der Waals surface area contributed by atoms with Gasteiger partial charge in [-0.05, 0) is 35.1 Å². The van der Waals surface area contributed by atoms with Crippen LogP contribution < -0.4 is 10.6 Å². The highest BCUT2D eigenvalue weighted by Gasteiger charge is 2.43. The molecule has 0 saturated carbocycles. The van der Waals surface area contributed by atoms with Crippen molar-refractivity contribution in [2.24, 2.45) is 0 Å². The summed E-state index contributed by atoms with van der Waals surface area (Å²) in [5.74, 6) is -1.90. The smallest absolute Gasteiger partial charge is 0.407 e. The number of carbonyl (C=O) groups excluding carboxylic acids is 2. The lowest BCUT2D eigenvalue weighted by Crippen LogP contribution is -2.61. The molecule has 35 heavy (non-hydrogen) atoms. The number of hydrogen-bond acceptors (Lipinski definition) is 6. The number of benzene rings is 2. The number of carbonyl (C=O) groups is 3. The van der Waals surface area contributed by atoms with E-state index in [0.29, 0.717) is 6.42 Å². The minimum atomic E-state index is -1.58. The molecule has 186 valence electrons. The van der Waals surface area contributed by atoms with E-state index in [1.54, 1.807) is 6.92 Å². The zero-order valence-electron chi connectivity index (χ0n) is 19.8. The van der Waals surface area contributed by atoms with Crippen molar-refractivity contribution in [3.63, 3.8) is 0 Å². The van der Waals surface area contributed by atoms with Crippen LogP contribution >= 0.6 is 0 Å². The Labute approximate surface area is 203 Å². The number of amides is 2. The van der Waals surface area contributed by atoms with E-state index in [1.807, 2.05) is 36.4 Å². The predicted molar refractivity (Wildman–Crippen MR) is 127 cm³/mol. The molecule has 3 atom stereocenters. The van der Waals surface area contributed by atoms with Crippen LogP contribution in [0.15, 0.2) is 48.5 Å². The van der Waals surface area contributed by atoms with E-state index >= 15 is 0 Å². The lowest BCUT2D eigenvalue weighted by molar-refractivity contribution is -0.152. The van der Waals surface area contributed by atoms with Crippen LogP contribution in [0.2, 0.25) is 0 Å². The first-order valence-electron chi connectivity index (χ1n) is 11.7. The van der Waals surface area contributed by atoms with E-state index in [0.717, 1.165) is 22.3 Å². The number of ether oxygens (including phenoxy) is 3. The summed E-state index contributed by atoms with van der Waals surface area (Å²) in [5, 5.41) is 14.9. The van der Waals surface area contributed by atoms with Crippen LogP contribution in [0.25, 0.3) is 11.1 Å². The van der Waals surface area contributed by atoms with Crippen molar-refractivity contribution in [3.05, 3.63) is 59.7 Å². The summed E-state index contributed by atoms with van der Waals surface area (Å²) in [6.07, 6.45) is -1.16. The molecule has 0 radical (unpaired) electrons. The summed E-state index contributed by atoms with van der Waals surface area (Å²) in [5.41, 5.74) is 2.89. The number of rotatable bonds is 9. The van der Waals surface area contributed by atoms with Gasteiger partial charge in [-0.3, -0.25) is 4.79 Å². The van der Waals surface area contributed by atoms with Crippen LogP contribution in [-0.2, 0) is 23.8 Å². The van der Waals surface area contributed by atoms with E-state index in [-0.39, 0.29) is 32.2 Å². The molecule has 1 saturated heterocycles. The van der Waals surface area contributed by atoms with Gasteiger partial charge in [-0.25, -0.2) is 9.59 Å². The Hall–Kier alpha value is -3.43. The maximum absolute atomic E-state index is 12.9. The van der Waals surface area contributed by atoms with Crippen molar-refractivity contribution in [1.29, 1.82) is 0 Å². The van der Waals surface area contributed by atoms with Gasteiger partial charge < -0.3 is 30.0 Å². The van der Waals surface area contributed by atoms with Gasteiger partial charge in [0.15, 0.2) is 11.6 Å². The minimum Gasteiger partial charge on any atom is -0.479 e. The maximum atomic E-state index is 12.9. The summed E-state index contributed by atoms with van der Waals surface area (Å²) in [6.45, 7) is 1.86. The third-order valence-corrected chi connectivity index (χ3v) is 6.76. The number of carboxylic acid groups (broad SMARTS) is 1. The Morgan fingerprint density at radius 2 is 1.71 bits per heavy atom. The molecule has 1 aliphatic heterocycles. The molecule has 4 rings (SSSR count). The molecule has 1 fully saturated rings. The first kappa shape index (κ1) is 24.7. The molecular weight excluding hydrogens is 452 g/mol. The Bertz CT molecular complexity index is 1060. The predicted octanol–water partition coefficient (Wildman–Crippen LogP) is 2.68. The van der Waals surface area contributed by atoms with E-state index in [4.69, 9.17) is 14.2 Å². The number of hydrogen-bond donors (Lipinski definition) is 3. The third kappa shape index (κ3) is 4.87. The molecule has 1 heterocycles. The molecule has 2 aromatic carbocycles. The largest absolute Gasteiger partial charge is 0.479 e. The van der Waals surface area contributed by atoms with Crippen LogP contribution in [-0.4, -0.2) is 67.7 Å². The number of alkyl carbamates (subject to hydrolysis) is 1. The van der Waals surface area contributed by atoms with Crippen molar-refractivity contribution in [3.8, 4) is 11.1 Å². The van der Waals surface area contributed by atoms with Gasteiger partial charge in [0.05, 0.1) is 12.6 Å². The van der Waals surface area contributed by atoms with Gasteiger partial charge in [0, 0.05) is 19.6 Å². The molecule has 9 nitrogen and oxygen atoms in total. The number of fused-ring (bicyclic) bond motifs is 3. The molecule has 2 amide bonds. The second-order valence-corrected chi connectivity index (χ2v) is 8.82. The fourth-order valence-electron chi connectivity index (χ4n) is 4.83. The summed E-state index contributed by atoms with van der Waals surface area (Å²) in [6, 6.07) is 15.5. The normalized spacial score (nSPS) is 20.4. The Balaban J connectivity index is 1.39. The summed E-state index contributed by atoms with van der Waals surface area (Å²) < 4.78 is 16.1. The van der Waals surface area contributed by atoms with Crippen molar-refractivity contribution in [1.82, 2.24) is 10.6 Å². The molecule has 9 heteroatoms. The zero-order valence-corrected chi connectivity index (χ0v) is 19.8. The lowest BCUT2D eigenvalue weighted by atomic mass is 9.96. The SMILES string of the molecule is CCC(COC)(NC(=O)C1OCCC1NC(=O)OCC1c2ccccc2-c2ccccc21)C(=O)O. The van der Waals surface area contributed by atoms with Gasteiger partial charge in [0.2, 0.25) is 0 Å². The topological polar surface area (TPSA) is 123 Å². The molecule has 2 aromatic rings. The maximum Gasteiger partial charge on any atom is 0.407 e. The van der Waals surface area contributed by atoms with Crippen LogP contribution in [0.3, 0.4) is 0 Å². The van der Waals surface area contributed by atoms with E-state index in [1.165, 1.54) is 7.11 Å². The average Bonchev–Trinajstić information content (AvgIpc) is 3.44. The van der Waals surface area contributed by atoms with Crippen molar-refractivity contribution in [2.75, 3.05) is 26.9 Å². The quantitative estimate of drug-likeness (QED) is 0.502. The Morgan fingerprint density at radius 1 is 1.09 bits per heavy atom. The molecule has 0 aromatic heterocycles. The number of methoxy groups -OCH3 is 1. The van der Waals surface area contributed by atoms with Crippen molar-refractivity contribution in [2.45, 2.75) is 43.4 Å². The average molecular weight is 483 g/mol. The minimum absolute atomic E-state index is 0.0816. The van der Waals surface area contributed by atoms with Crippen LogP contribution in [0.4, 0.5) is 4.79 Å². The van der Waals surface area contributed by atoms with Gasteiger partial charge in [-0.2, -0.15) is 0 Å².